The van der Waals surface area contributed by atoms with Crippen molar-refractivity contribution in [2.75, 3.05) is 33.3 Å². The summed E-state index contributed by atoms with van der Waals surface area (Å²) in [6.45, 7) is 4.67. The van der Waals surface area contributed by atoms with Crippen molar-refractivity contribution in [1.82, 2.24) is 9.80 Å². The topological polar surface area (TPSA) is 49.9 Å². The summed E-state index contributed by atoms with van der Waals surface area (Å²) in [5.74, 6) is 1.36. The highest BCUT2D eigenvalue weighted by molar-refractivity contribution is 5.94. The van der Waals surface area contributed by atoms with E-state index < -0.39 is 0 Å². The van der Waals surface area contributed by atoms with Crippen LogP contribution in [-0.4, -0.2) is 54.9 Å². The maximum Gasteiger partial charge on any atom is 0.253 e. The molecule has 3 rings (SSSR count). The second-order valence-electron chi connectivity index (χ2n) is 6.43. The van der Waals surface area contributed by atoms with Crippen molar-refractivity contribution < 1.29 is 14.3 Å². The summed E-state index contributed by atoms with van der Waals surface area (Å²) >= 11 is 0. The number of amides is 2. The summed E-state index contributed by atoms with van der Waals surface area (Å²) in [7, 11) is 1.63. The Bertz CT molecular complexity index is 610. The number of methoxy groups -OCH3 is 1. The SMILES string of the molecule is COc1ccc(C(=O)N2CCCN(C(=O)C3CC3)CC2)cc1C. The molecule has 5 nitrogen and oxygen atoms in total. The highest BCUT2D eigenvalue weighted by atomic mass is 16.5. The molecular formula is C18H24N2O3. The maximum atomic E-state index is 12.7. The Hall–Kier alpha value is -2.04. The van der Waals surface area contributed by atoms with Crippen LogP contribution in [0.25, 0.3) is 0 Å². The van der Waals surface area contributed by atoms with Crippen molar-refractivity contribution >= 4 is 11.8 Å². The standard InChI is InChI=1S/C18H24N2O3/c1-13-12-15(6-7-16(13)23-2)18(22)20-9-3-8-19(10-11-20)17(21)14-4-5-14/h6-7,12,14H,3-5,8-11H2,1-2H3. The highest BCUT2D eigenvalue weighted by Crippen LogP contribution is 2.31. The van der Waals surface area contributed by atoms with E-state index in [-0.39, 0.29) is 17.7 Å². The molecule has 1 heterocycles. The first-order valence-electron chi connectivity index (χ1n) is 8.33. The Labute approximate surface area is 137 Å². The third kappa shape index (κ3) is 3.49. The zero-order valence-corrected chi connectivity index (χ0v) is 13.9. The number of nitrogens with zero attached hydrogens (tertiary/aromatic N) is 2. The normalized spacial score (nSPS) is 18.5. The molecule has 0 spiro atoms. The van der Waals surface area contributed by atoms with Crippen LogP contribution in [0, 0.1) is 12.8 Å². The largest absolute Gasteiger partial charge is 0.496 e. The molecule has 0 bridgehead atoms. The molecule has 0 radical (unpaired) electrons. The van der Waals surface area contributed by atoms with Crippen molar-refractivity contribution in [3.8, 4) is 5.75 Å². The first kappa shape index (κ1) is 15.8. The van der Waals surface area contributed by atoms with Crippen LogP contribution in [0.4, 0.5) is 0 Å². The average Bonchev–Trinajstić information content (AvgIpc) is 3.39. The van der Waals surface area contributed by atoms with E-state index >= 15 is 0 Å². The summed E-state index contributed by atoms with van der Waals surface area (Å²) in [6, 6.07) is 5.52. The van der Waals surface area contributed by atoms with Gasteiger partial charge in [0, 0.05) is 37.7 Å². The van der Waals surface area contributed by atoms with Crippen LogP contribution in [0.5, 0.6) is 5.75 Å². The summed E-state index contributed by atoms with van der Waals surface area (Å²) in [6.07, 6.45) is 2.91. The first-order valence-corrected chi connectivity index (χ1v) is 8.33. The number of carbonyl (C=O) groups is 2. The molecule has 0 atom stereocenters. The lowest BCUT2D eigenvalue weighted by molar-refractivity contribution is -0.132. The Balaban J connectivity index is 1.65. The van der Waals surface area contributed by atoms with Crippen molar-refractivity contribution in [2.45, 2.75) is 26.2 Å². The van der Waals surface area contributed by atoms with Crippen molar-refractivity contribution in [3.05, 3.63) is 29.3 Å². The van der Waals surface area contributed by atoms with Gasteiger partial charge in [0.15, 0.2) is 0 Å². The fourth-order valence-electron chi connectivity index (χ4n) is 3.12. The first-order chi connectivity index (χ1) is 11.1. The molecule has 124 valence electrons. The van der Waals surface area contributed by atoms with Crippen LogP contribution in [0.1, 0.15) is 35.2 Å². The summed E-state index contributed by atoms with van der Waals surface area (Å²) in [5.41, 5.74) is 1.64. The second-order valence-corrected chi connectivity index (χ2v) is 6.43. The van der Waals surface area contributed by atoms with Crippen LogP contribution in [-0.2, 0) is 4.79 Å². The molecule has 5 heteroatoms. The smallest absolute Gasteiger partial charge is 0.253 e. The number of hydrogen-bond acceptors (Lipinski definition) is 3. The molecule has 2 fully saturated rings. The zero-order chi connectivity index (χ0) is 16.4. The van der Waals surface area contributed by atoms with E-state index in [0.717, 1.165) is 37.1 Å². The van der Waals surface area contributed by atoms with E-state index in [9.17, 15) is 9.59 Å². The Morgan fingerprint density at radius 3 is 2.43 bits per heavy atom. The fraction of sp³-hybridized carbons (Fsp3) is 0.556. The lowest BCUT2D eigenvalue weighted by atomic mass is 10.1. The Morgan fingerprint density at radius 2 is 1.78 bits per heavy atom. The molecule has 1 saturated carbocycles. The van der Waals surface area contributed by atoms with Gasteiger partial charge in [0.05, 0.1) is 7.11 Å². The van der Waals surface area contributed by atoms with E-state index in [2.05, 4.69) is 0 Å². The second kappa shape index (κ2) is 6.60. The molecule has 2 amide bonds. The minimum absolute atomic E-state index is 0.0384. The minimum atomic E-state index is 0.0384. The monoisotopic (exact) mass is 316 g/mol. The molecule has 2 aliphatic rings. The Kier molecular flexibility index (Phi) is 4.55. The van der Waals surface area contributed by atoms with E-state index in [4.69, 9.17) is 4.74 Å². The Morgan fingerprint density at radius 1 is 1.09 bits per heavy atom. The summed E-state index contributed by atoms with van der Waals surface area (Å²) in [4.78, 5) is 28.7. The summed E-state index contributed by atoms with van der Waals surface area (Å²) < 4.78 is 5.24. The minimum Gasteiger partial charge on any atom is -0.496 e. The van der Waals surface area contributed by atoms with E-state index in [1.807, 2.05) is 34.9 Å². The number of hydrogen-bond donors (Lipinski definition) is 0. The lowest BCUT2D eigenvalue weighted by Crippen LogP contribution is -2.38. The molecule has 1 aromatic rings. The number of aryl methyl sites for hydroxylation is 1. The molecule has 1 aliphatic carbocycles. The summed E-state index contributed by atoms with van der Waals surface area (Å²) in [5, 5.41) is 0. The van der Waals surface area contributed by atoms with Crippen LogP contribution in [0.3, 0.4) is 0 Å². The van der Waals surface area contributed by atoms with Gasteiger partial charge in [-0.2, -0.15) is 0 Å². The molecule has 1 aliphatic heterocycles. The van der Waals surface area contributed by atoms with Gasteiger partial charge >= 0.3 is 0 Å². The van der Waals surface area contributed by atoms with Gasteiger partial charge in [0.1, 0.15) is 5.75 Å². The molecule has 1 aromatic carbocycles. The van der Waals surface area contributed by atoms with Gasteiger partial charge in [0.25, 0.3) is 5.91 Å². The number of benzene rings is 1. The highest BCUT2D eigenvalue weighted by Gasteiger charge is 2.34. The number of ether oxygens (including phenoxy) is 1. The van der Waals surface area contributed by atoms with Gasteiger partial charge in [-0.25, -0.2) is 0 Å². The van der Waals surface area contributed by atoms with Gasteiger partial charge in [-0.15, -0.1) is 0 Å². The number of carbonyl (C=O) groups excluding carboxylic acids is 2. The van der Waals surface area contributed by atoms with E-state index in [0.29, 0.717) is 25.2 Å². The van der Waals surface area contributed by atoms with E-state index in [1.165, 1.54) is 0 Å². The maximum absolute atomic E-state index is 12.7. The third-order valence-corrected chi connectivity index (χ3v) is 4.66. The van der Waals surface area contributed by atoms with Gasteiger partial charge in [0.2, 0.25) is 5.91 Å². The average molecular weight is 316 g/mol. The fourth-order valence-corrected chi connectivity index (χ4v) is 3.12. The molecule has 0 N–H and O–H groups in total. The van der Waals surface area contributed by atoms with Crippen molar-refractivity contribution in [3.63, 3.8) is 0 Å². The zero-order valence-electron chi connectivity index (χ0n) is 13.9. The van der Waals surface area contributed by atoms with Crippen LogP contribution in [0.2, 0.25) is 0 Å². The lowest BCUT2D eigenvalue weighted by Gasteiger charge is -2.22. The molecule has 1 saturated heterocycles. The number of rotatable bonds is 3. The van der Waals surface area contributed by atoms with Crippen molar-refractivity contribution in [1.29, 1.82) is 0 Å². The van der Waals surface area contributed by atoms with Crippen LogP contribution < -0.4 is 4.74 Å². The molecule has 0 unspecified atom stereocenters. The van der Waals surface area contributed by atoms with Crippen molar-refractivity contribution in [2.24, 2.45) is 5.92 Å². The van der Waals surface area contributed by atoms with Gasteiger partial charge < -0.3 is 14.5 Å². The van der Waals surface area contributed by atoms with E-state index in [1.54, 1.807) is 7.11 Å². The predicted molar refractivity (Wildman–Crippen MR) is 87.6 cm³/mol. The molecular weight excluding hydrogens is 292 g/mol. The third-order valence-electron chi connectivity index (χ3n) is 4.66. The van der Waals surface area contributed by atoms with Gasteiger partial charge in [-0.05, 0) is 49.9 Å². The van der Waals surface area contributed by atoms with Crippen LogP contribution in [0.15, 0.2) is 18.2 Å². The quantitative estimate of drug-likeness (QED) is 0.858. The van der Waals surface area contributed by atoms with Gasteiger partial charge in [-0.1, -0.05) is 0 Å². The predicted octanol–water partition coefficient (Wildman–Crippen LogP) is 2.09. The molecule has 23 heavy (non-hydrogen) atoms. The van der Waals surface area contributed by atoms with Gasteiger partial charge in [-0.3, -0.25) is 9.59 Å². The van der Waals surface area contributed by atoms with Crippen LogP contribution >= 0.6 is 0 Å². The molecule has 0 aromatic heterocycles.